The molecule has 0 aliphatic carbocycles. The van der Waals surface area contributed by atoms with Crippen LogP contribution in [0.25, 0.3) is 0 Å². The summed E-state index contributed by atoms with van der Waals surface area (Å²) in [7, 11) is 1.38. The van der Waals surface area contributed by atoms with Gasteiger partial charge in [-0.25, -0.2) is 4.79 Å². The van der Waals surface area contributed by atoms with Gasteiger partial charge in [-0.3, -0.25) is 0 Å². The van der Waals surface area contributed by atoms with E-state index in [0.717, 1.165) is 11.3 Å². The first kappa shape index (κ1) is 14.8. The summed E-state index contributed by atoms with van der Waals surface area (Å²) >= 11 is 0. The van der Waals surface area contributed by atoms with Crippen molar-refractivity contribution in [3.8, 4) is 0 Å². The maximum absolute atomic E-state index is 11.5. The quantitative estimate of drug-likeness (QED) is 0.861. The number of methoxy groups -OCH3 is 1. The average Bonchev–Trinajstić information content (AvgIpc) is 2.42. The highest BCUT2D eigenvalue weighted by Crippen LogP contribution is 2.22. The van der Waals surface area contributed by atoms with Crippen LogP contribution in [0.1, 0.15) is 29.8 Å². The molecule has 1 heterocycles. The van der Waals surface area contributed by atoms with Crippen molar-refractivity contribution < 1.29 is 19.0 Å². The number of rotatable bonds is 3. The number of hydrogen-bond donors (Lipinski definition) is 1. The van der Waals surface area contributed by atoms with Gasteiger partial charge in [0.05, 0.1) is 31.9 Å². The van der Waals surface area contributed by atoms with E-state index in [1.54, 1.807) is 6.07 Å². The van der Waals surface area contributed by atoms with E-state index < -0.39 is 5.79 Å². The Bertz CT molecular complexity index is 489. The van der Waals surface area contributed by atoms with Gasteiger partial charge in [0.15, 0.2) is 5.79 Å². The summed E-state index contributed by atoms with van der Waals surface area (Å²) in [4.78, 5) is 11.5. The number of hydrogen-bond acceptors (Lipinski definition) is 5. The largest absolute Gasteiger partial charge is 0.465 e. The highest BCUT2D eigenvalue weighted by atomic mass is 16.7. The molecule has 0 atom stereocenters. The van der Waals surface area contributed by atoms with E-state index in [1.807, 2.05) is 32.9 Å². The van der Waals surface area contributed by atoms with Crippen molar-refractivity contribution >= 4 is 11.7 Å². The molecule has 1 N–H and O–H groups in total. The molecule has 5 nitrogen and oxygen atoms in total. The molecule has 0 bridgehead atoms. The average molecular weight is 279 g/mol. The first-order valence-electron chi connectivity index (χ1n) is 6.65. The van der Waals surface area contributed by atoms with E-state index >= 15 is 0 Å². The molecule has 2 rings (SSSR count). The van der Waals surface area contributed by atoms with Gasteiger partial charge in [-0.2, -0.15) is 0 Å². The zero-order chi connectivity index (χ0) is 14.8. The molecule has 1 saturated heterocycles. The zero-order valence-electron chi connectivity index (χ0n) is 12.4. The van der Waals surface area contributed by atoms with Gasteiger partial charge < -0.3 is 19.5 Å². The molecule has 0 unspecified atom stereocenters. The van der Waals surface area contributed by atoms with Crippen molar-refractivity contribution in [1.82, 2.24) is 0 Å². The lowest BCUT2D eigenvalue weighted by atomic mass is 10.1. The van der Waals surface area contributed by atoms with Crippen molar-refractivity contribution in [2.45, 2.75) is 32.6 Å². The maximum atomic E-state index is 11.5. The second kappa shape index (κ2) is 5.81. The molecule has 110 valence electrons. The van der Waals surface area contributed by atoms with Crippen LogP contribution in [-0.2, 0) is 14.2 Å². The van der Waals surface area contributed by atoms with Gasteiger partial charge >= 0.3 is 5.97 Å². The molecule has 0 saturated carbocycles. The predicted octanol–water partition coefficient (Wildman–Crippen LogP) is 2.35. The standard InChI is InChI=1S/C15H21NO4/c1-10-7-11(14(17)18-4)5-6-13(10)16-12-8-19-15(2,3)20-9-12/h5-7,12,16H,8-9H2,1-4H3. The van der Waals surface area contributed by atoms with Crippen LogP contribution >= 0.6 is 0 Å². The van der Waals surface area contributed by atoms with E-state index in [1.165, 1.54) is 7.11 Å². The van der Waals surface area contributed by atoms with Crippen molar-refractivity contribution in [2.75, 3.05) is 25.6 Å². The third-order valence-electron chi connectivity index (χ3n) is 3.27. The van der Waals surface area contributed by atoms with Gasteiger partial charge in [0.2, 0.25) is 0 Å². The second-order valence-corrected chi connectivity index (χ2v) is 5.38. The molecule has 5 heteroatoms. The molecular formula is C15H21NO4. The van der Waals surface area contributed by atoms with Crippen molar-refractivity contribution in [3.63, 3.8) is 0 Å². The molecule has 1 aliphatic rings. The Morgan fingerprint density at radius 1 is 1.35 bits per heavy atom. The first-order chi connectivity index (χ1) is 9.41. The van der Waals surface area contributed by atoms with Gasteiger partial charge in [-0.1, -0.05) is 0 Å². The molecular weight excluding hydrogens is 258 g/mol. The van der Waals surface area contributed by atoms with Crippen LogP contribution in [0.2, 0.25) is 0 Å². The molecule has 1 aromatic rings. The van der Waals surface area contributed by atoms with Crippen molar-refractivity contribution in [1.29, 1.82) is 0 Å². The van der Waals surface area contributed by atoms with Crippen molar-refractivity contribution in [3.05, 3.63) is 29.3 Å². The number of esters is 1. The lowest BCUT2D eigenvalue weighted by Crippen LogP contribution is -2.45. The normalized spacial score (nSPS) is 18.6. The van der Waals surface area contributed by atoms with Crippen LogP contribution in [0.4, 0.5) is 5.69 Å². The van der Waals surface area contributed by atoms with Gasteiger partial charge in [0.1, 0.15) is 0 Å². The lowest BCUT2D eigenvalue weighted by molar-refractivity contribution is -0.247. The molecule has 1 fully saturated rings. The van der Waals surface area contributed by atoms with E-state index in [4.69, 9.17) is 14.2 Å². The Morgan fingerprint density at radius 3 is 2.55 bits per heavy atom. The van der Waals surface area contributed by atoms with Crippen LogP contribution < -0.4 is 5.32 Å². The summed E-state index contributed by atoms with van der Waals surface area (Å²) in [6.07, 6.45) is 0. The third-order valence-corrected chi connectivity index (χ3v) is 3.27. The molecule has 0 spiro atoms. The highest BCUT2D eigenvalue weighted by Gasteiger charge is 2.28. The smallest absolute Gasteiger partial charge is 0.337 e. The number of benzene rings is 1. The summed E-state index contributed by atoms with van der Waals surface area (Å²) in [6.45, 7) is 6.93. The Labute approximate surface area is 119 Å². The van der Waals surface area contributed by atoms with Crippen LogP contribution in [0.3, 0.4) is 0 Å². The van der Waals surface area contributed by atoms with Crippen LogP contribution in [0.5, 0.6) is 0 Å². The Morgan fingerprint density at radius 2 is 2.00 bits per heavy atom. The minimum atomic E-state index is -0.512. The van der Waals surface area contributed by atoms with Crippen LogP contribution in [0, 0.1) is 6.92 Å². The Hall–Kier alpha value is -1.59. The highest BCUT2D eigenvalue weighted by molar-refractivity contribution is 5.90. The number of carbonyl (C=O) groups is 1. The molecule has 0 amide bonds. The van der Waals surface area contributed by atoms with Gasteiger partial charge in [0.25, 0.3) is 0 Å². The van der Waals surface area contributed by atoms with Gasteiger partial charge in [-0.05, 0) is 44.5 Å². The Kier molecular flexibility index (Phi) is 4.30. The fourth-order valence-corrected chi connectivity index (χ4v) is 2.07. The molecule has 20 heavy (non-hydrogen) atoms. The minimum absolute atomic E-state index is 0.103. The Balaban J connectivity index is 2.02. The maximum Gasteiger partial charge on any atom is 0.337 e. The zero-order valence-corrected chi connectivity index (χ0v) is 12.4. The van der Waals surface area contributed by atoms with E-state index in [9.17, 15) is 4.79 Å². The topological polar surface area (TPSA) is 56.8 Å². The lowest BCUT2D eigenvalue weighted by Gasteiger charge is -2.35. The number of anilines is 1. The van der Waals surface area contributed by atoms with Gasteiger partial charge in [-0.15, -0.1) is 0 Å². The first-order valence-corrected chi connectivity index (χ1v) is 6.65. The number of nitrogens with one attached hydrogen (secondary N) is 1. The molecule has 1 aromatic carbocycles. The number of ether oxygens (including phenoxy) is 3. The molecule has 1 aliphatic heterocycles. The molecule has 0 radical (unpaired) electrons. The summed E-state index contributed by atoms with van der Waals surface area (Å²) in [5.74, 6) is -0.840. The fraction of sp³-hybridized carbons (Fsp3) is 0.533. The van der Waals surface area contributed by atoms with Crippen molar-refractivity contribution in [2.24, 2.45) is 0 Å². The fourth-order valence-electron chi connectivity index (χ4n) is 2.07. The SMILES string of the molecule is COC(=O)c1ccc(NC2COC(C)(C)OC2)c(C)c1. The van der Waals surface area contributed by atoms with Crippen LogP contribution in [-0.4, -0.2) is 38.1 Å². The predicted molar refractivity (Wildman–Crippen MR) is 75.9 cm³/mol. The van der Waals surface area contributed by atoms with E-state index in [2.05, 4.69) is 5.32 Å². The van der Waals surface area contributed by atoms with E-state index in [-0.39, 0.29) is 12.0 Å². The van der Waals surface area contributed by atoms with Gasteiger partial charge in [0, 0.05) is 5.69 Å². The summed E-state index contributed by atoms with van der Waals surface area (Å²) in [6, 6.07) is 5.53. The second-order valence-electron chi connectivity index (χ2n) is 5.38. The van der Waals surface area contributed by atoms with Crippen LogP contribution in [0.15, 0.2) is 18.2 Å². The molecule has 0 aromatic heterocycles. The monoisotopic (exact) mass is 279 g/mol. The third kappa shape index (κ3) is 3.49. The number of carbonyl (C=O) groups excluding carboxylic acids is 1. The summed E-state index contributed by atoms with van der Waals surface area (Å²) in [5, 5.41) is 3.37. The summed E-state index contributed by atoms with van der Waals surface area (Å²) in [5.41, 5.74) is 2.50. The number of aryl methyl sites for hydroxylation is 1. The minimum Gasteiger partial charge on any atom is -0.465 e. The summed E-state index contributed by atoms with van der Waals surface area (Å²) < 4.78 is 15.9. The van der Waals surface area contributed by atoms with E-state index in [0.29, 0.717) is 18.8 Å².